The Balaban J connectivity index is 1.66. The van der Waals surface area contributed by atoms with Gasteiger partial charge in [-0.15, -0.1) is 0 Å². The maximum Gasteiger partial charge on any atom is 0.255 e. The van der Waals surface area contributed by atoms with E-state index in [4.69, 9.17) is 0 Å². The maximum atomic E-state index is 12.4. The minimum Gasteiger partial charge on any atom is -0.352 e. The van der Waals surface area contributed by atoms with Crippen molar-refractivity contribution in [3.63, 3.8) is 0 Å². The molecule has 0 radical (unpaired) electrons. The predicted molar refractivity (Wildman–Crippen MR) is 130 cm³/mol. The summed E-state index contributed by atoms with van der Waals surface area (Å²) in [6, 6.07) is 14.5. The van der Waals surface area contributed by atoms with E-state index in [-0.39, 0.29) is 11.8 Å². The molecule has 2 aromatic carbocycles. The van der Waals surface area contributed by atoms with E-state index in [0.717, 1.165) is 18.4 Å². The molecule has 31 heavy (non-hydrogen) atoms. The molecule has 0 spiro atoms. The van der Waals surface area contributed by atoms with Gasteiger partial charge in [0.25, 0.3) is 11.8 Å². The van der Waals surface area contributed by atoms with Gasteiger partial charge in [-0.1, -0.05) is 88.5 Å². The summed E-state index contributed by atoms with van der Waals surface area (Å²) in [7, 11) is 0. The van der Waals surface area contributed by atoms with Crippen molar-refractivity contribution in [3.05, 3.63) is 65.2 Å². The molecule has 0 heterocycles. The molecule has 0 saturated carbocycles. The fraction of sp³-hybridized carbons (Fsp3) is 0.481. The highest BCUT2D eigenvalue weighted by atomic mass is 16.2. The number of benzene rings is 2. The van der Waals surface area contributed by atoms with Crippen LogP contribution in [0, 0.1) is 6.92 Å². The number of unbranched alkanes of at least 4 members (excludes halogenated alkanes) is 9. The van der Waals surface area contributed by atoms with Crippen LogP contribution >= 0.6 is 0 Å². The van der Waals surface area contributed by atoms with Gasteiger partial charge < -0.3 is 10.6 Å². The molecule has 4 heteroatoms. The third kappa shape index (κ3) is 9.82. The van der Waals surface area contributed by atoms with Crippen molar-refractivity contribution in [2.24, 2.45) is 0 Å². The van der Waals surface area contributed by atoms with Crippen LogP contribution in [0.4, 0.5) is 5.69 Å². The maximum absolute atomic E-state index is 12.4. The average molecular weight is 423 g/mol. The van der Waals surface area contributed by atoms with E-state index in [2.05, 4.69) is 17.6 Å². The first-order valence-electron chi connectivity index (χ1n) is 11.9. The van der Waals surface area contributed by atoms with E-state index >= 15 is 0 Å². The molecule has 0 unspecified atom stereocenters. The van der Waals surface area contributed by atoms with Crippen molar-refractivity contribution < 1.29 is 9.59 Å². The molecule has 0 atom stereocenters. The number of nitrogens with one attached hydrogen (secondary N) is 2. The second kappa shape index (κ2) is 14.4. The van der Waals surface area contributed by atoms with Gasteiger partial charge in [0.15, 0.2) is 0 Å². The van der Waals surface area contributed by atoms with Crippen LogP contribution < -0.4 is 10.6 Å². The second-order valence-electron chi connectivity index (χ2n) is 8.34. The smallest absolute Gasteiger partial charge is 0.255 e. The quantitative estimate of drug-likeness (QED) is 0.325. The Morgan fingerprint density at radius 1 is 0.710 bits per heavy atom. The molecular weight excluding hydrogens is 384 g/mol. The minimum absolute atomic E-state index is 0.0948. The highest BCUT2D eigenvalue weighted by molar-refractivity contribution is 6.05. The lowest BCUT2D eigenvalue weighted by Gasteiger charge is -2.09. The number of hydrogen-bond donors (Lipinski definition) is 2. The lowest BCUT2D eigenvalue weighted by atomic mass is 10.1. The van der Waals surface area contributed by atoms with Crippen LogP contribution in [-0.2, 0) is 0 Å². The molecule has 2 aromatic rings. The number of carbonyl (C=O) groups is 2. The third-order valence-electron chi connectivity index (χ3n) is 5.48. The fourth-order valence-corrected chi connectivity index (χ4v) is 3.64. The van der Waals surface area contributed by atoms with Gasteiger partial charge in [-0.2, -0.15) is 0 Å². The Bertz CT molecular complexity index is 816. The van der Waals surface area contributed by atoms with E-state index < -0.39 is 0 Å². The van der Waals surface area contributed by atoms with E-state index in [1.54, 1.807) is 30.3 Å². The van der Waals surface area contributed by atoms with Crippen molar-refractivity contribution >= 4 is 17.5 Å². The number of aryl methyl sites for hydroxylation is 1. The Morgan fingerprint density at radius 3 is 1.94 bits per heavy atom. The van der Waals surface area contributed by atoms with E-state index in [1.165, 1.54) is 51.4 Å². The fourth-order valence-electron chi connectivity index (χ4n) is 3.64. The summed E-state index contributed by atoms with van der Waals surface area (Å²) in [4.78, 5) is 24.9. The van der Waals surface area contributed by atoms with Crippen LogP contribution in [0.3, 0.4) is 0 Å². The zero-order valence-corrected chi connectivity index (χ0v) is 19.2. The normalized spacial score (nSPS) is 10.6. The van der Waals surface area contributed by atoms with Crippen LogP contribution in [0.25, 0.3) is 0 Å². The number of amides is 2. The molecule has 0 aliphatic carbocycles. The molecule has 168 valence electrons. The van der Waals surface area contributed by atoms with Crippen LogP contribution in [0.2, 0.25) is 0 Å². The van der Waals surface area contributed by atoms with Gasteiger partial charge in [0.05, 0.1) is 0 Å². The minimum atomic E-state index is -0.174. The lowest BCUT2D eigenvalue weighted by Crippen LogP contribution is -2.24. The number of anilines is 1. The van der Waals surface area contributed by atoms with Crippen molar-refractivity contribution in [2.75, 3.05) is 11.9 Å². The number of rotatable bonds is 14. The van der Waals surface area contributed by atoms with Crippen molar-refractivity contribution in [1.82, 2.24) is 5.32 Å². The molecular formula is C27H38N2O2. The lowest BCUT2D eigenvalue weighted by molar-refractivity contribution is 0.0951. The van der Waals surface area contributed by atoms with Crippen molar-refractivity contribution in [2.45, 2.75) is 78.1 Å². The summed E-state index contributed by atoms with van der Waals surface area (Å²) in [5.74, 6) is -0.269. The van der Waals surface area contributed by atoms with Crippen LogP contribution in [-0.4, -0.2) is 18.4 Å². The Hall–Kier alpha value is -2.62. The first-order chi connectivity index (χ1) is 15.1. The Morgan fingerprint density at radius 2 is 1.29 bits per heavy atom. The second-order valence-corrected chi connectivity index (χ2v) is 8.34. The summed E-state index contributed by atoms with van der Waals surface area (Å²) in [6.07, 6.45) is 12.8. The Kier molecular flexibility index (Phi) is 11.4. The van der Waals surface area contributed by atoms with Gasteiger partial charge in [0, 0.05) is 23.4 Å². The van der Waals surface area contributed by atoms with Crippen LogP contribution in [0.5, 0.6) is 0 Å². The zero-order valence-electron chi connectivity index (χ0n) is 19.2. The highest BCUT2D eigenvalue weighted by Gasteiger charge is 2.09. The van der Waals surface area contributed by atoms with Gasteiger partial charge in [0.2, 0.25) is 0 Å². The molecule has 0 aliphatic heterocycles. The average Bonchev–Trinajstić information content (AvgIpc) is 2.77. The summed E-state index contributed by atoms with van der Waals surface area (Å²) < 4.78 is 0. The van der Waals surface area contributed by atoms with Gasteiger partial charge in [-0.25, -0.2) is 0 Å². The molecule has 0 saturated heterocycles. The van der Waals surface area contributed by atoms with Crippen LogP contribution in [0.1, 0.15) is 97.4 Å². The molecule has 2 amide bonds. The standard InChI is InChI=1S/C27H38N2O2/c1-3-4-5-6-7-8-9-10-11-12-19-28-26(30)24-17-14-18-25(21-24)29-27(31)23-16-13-15-22(2)20-23/h13-18,20-21H,3-12,19H2,1-2H3,(H,28,30)(H,29,31). The summed E-state index contributed by atoms with van der Waals surface area (Å²) >= 11 is 0. The van der Waals surface area contributed by atoms with Gasteiger partial charge in [-0.3, -0.25) is 9.59 Å². The predicted octanol–water partition coefficient (Wildman–Crippen LogP) is 6.90. The van der Waals surface area contributed by atoms with Crippen molar-refractivity contribution in [1.29, 1.82) is 0 Å². The number of hydrogen-bond acceptors (Lipinski definition) is 2. The molecule has 0 fully saturated rings. The molecule has 2 rings (SSSR count). The summed E-state index contributed by atoms with van der Waals surface area (Å²) in [5.41, 5.74) is 2.83. The third-order valence-corrected chi connectivity index (χ3v) is 5.48. The largest absolute Gasteiger partial charge is 0.352 e. The monoisotopic (exact) mass is 422 g/mol. The van der Waals surface area contributed by atoms with Crippen LogP contribution in [0.15, 0.2) is 48.5 Å². The van der Waals surface area contributed by atoms with Gasteiger partial charge in [-0.05, 0) is 43.7 Å². The topological polar surface area (TPSA) is 58.2 Å². The number of carbonyl (C=O) groups excluding carboxylic acids is 2. The van der Waals surface area contributed by atoms with E-state index in [1.807, 2.05) is 25.1 Å². The molecule has 0 bridgehead atoms. The molecule has 2 N–H and O–H groups in total. The SMILES string of the molecule is CCCCCCCCCCCCNC(=O)c1cccc(NC(=O)c2cccc(C)c2)c1. The molecule has 0 aliphatic rings. The van der Waals surface area contributed by atoms with E-state index in [0.29, 0.717) is 23.4 Å². The van der Waals surface area contributed by atoms with E-state index in [9.17, 15) is 9.59 Å². The molecule has 0 aromatic heterocycles. The first kappa shape index (κ1) is 24.6. The Labute approximate surface area is 187 Å². The summed E-state index contributed by atoms with van der Waals surface area (Å²) in [6.45, 7) is 4.89. The summed E-state index contributed by atoms with van der Waals surface area (Å²) in [5, 5.41) is 5.87. The highest BCUT2D eigenvalue weighted by Crippen LogP contribution is 2.14. The molecule has 4 nitrogen and oxygen atoms in total. The van der Waals surface area contributed by atoms with Crippen molar-refractivity contribution in [3.8, 4) is 0 Å². The van der Waals surface area contributed by atoms with Gasteiger partial charge >= 0.3 is 0 Å². The van der Waals surface area contributed by atoms with Gasteiger partial charge in [0.1, 0.15) is 0 Å². The first-order valence-corrected chi connectivity index (χ1v) is 11.9. The zero-order chi connectivity index (χ0) is 22.3.